The Morgan fingerprint density at radius 1 is 1.00 bits per heavy atom. The summed E-state index contributed by atoms with van der Waals surface area (Å²) >= 11 is 0. The van der Waals surface area contributed by atoms with Gasteiger partial charge in [-0.25, -0.2) is 0 Å². The van der Waals surface area contributed by atoms with Gasteiger partial charge in [0.1, 0.15) is 0 Å². The van der Waals surface area contributed by atoms with Crippen molar-refractivity contribution < 1.29 is 0 Å². The summed E-state index contributed by atoms with van der Waals surface area (Å²) in [6.45, 7) is 4.32. The maximum absolute atomic E-state index is 3.72. The van der Waals surface area contributed by atoms with Crippen molar-refractivity contribution in [3.63, 3.8) is 0 Å². The van der Waals surface area contributed by atoms with Crippen LogP contribution in [-0.4, -0.2) is 0 Å². The van der Waals surface area contributed by atoms with Gasteiger partial charge < -0.3 is 5.32 Å². The van der Waals surface area contributed by atoms with Crippen molar-refractivity contribution in [2.45, 2.75) is 39.2 Å². The Kier molecular flexibility index (Phi) is 3.29. The Labute approximate surface area is 115 Å². The van der Waals surface area contributed by atoms with Gasteiger partial charge in [-0.3, -0.25) is 0 Å². The summed E-state index contributed by atoms with van der Waals surface area (Å²) in [7, 11) is 0. The zero-order valence-electron chi connectivity index (χ0n) is 11.7. The molecule has 0 saturated carbocycles. The summed E-state index contributed by atoms with van der Waals surface area (Å²) in [5.74, 6) is 0. The average molecular weight is 251 g/mol. The Hall–Kier alpha value is -1.76. The van der Waals surface area contributed by atoms with Gasteiger partial charge in [0.25, 0.3) is 0 Å². The molecule has 0 aliphatic heterocycles. The third kappa shape index (κ3) is 2.65. The maximum atomic E-state index is 3.72. The normalized spacial score (nSPS) is 17.9. The maximum Gasteiger partial charge on any atom is 0.0516 e. The summed E-state index contributed by atoms with van der Waals surface area (Å²) in [4.78, 5) is 0. The SMILES string of the molecule is Cc1cc(C)cc(NC2CCCc3ccccc32)c1. The molecule has 1 unspecified atom stereocenters. The van der Waals surface area contributed by atoms with E-state index in [4.69, 9.17) is 0 Å². The minimum Gasteiger partial charge on any atom is -0.378 e. The number of anilines is 1. The molecular weight excluding hydrogens is 230 g/mol. The summed E-state index contributed by atoms with van der Waals surface area (Å²) in [6.07, 6.45) is 3.73. The third-order valence-electron chi connectivity index (χ3n) is 3.93. The van der Waals surface area contributed by atoms with Crippen LogP contribution in [0.15, 0.2) is 42.5 Å². The summed E-state index contributed by atoms with van der Waals surface area (Å²) in [5.41, 5.74) is 6.89. The molecule has 0 heterocycles. The molecule has 0 spiro atoms. The van der Waals surface area contributed by atoms with E-state index in [1.807, 2.05) is 0 Å². The van der Waals surface area contributed by atoms with Gasteiger partial charge in [-0.1, -0.05) is 30.3 Å². The Morgan fingerprint density at radius 3 is 2.53 bits per heavy atom. The molecule has 0 fully saturated rings. The van der Waals surface area contributed by atoms with Crippen LogP contribution in [0.1, 0.15) is 41.1 Å². The standard InChI is InChI=1S/C18H21N/c1-13-10-14(2)12-16(11-13)19-18-9-5-7-15-6-3-4-8-17(15)18/h3-4,6,8,10-12,18-19H,5,7,9H2,1-2H3. The molecule has 19 heavy (non-hydrogen) atoms. The van der Waals surface area contributed by atoms with E-state index in [9.17, 15) is 0 Å². The molecule has 1 heteroatoms. The lowest BCUT2D eigenvalue weighted by Crippen LogP contribution is -2.17. The first-order valence-corrected chi connectivity index (χ1v) is 7.15. The second-order valence-corrected chi connectivity index (χ2v) is 5.66. The fourth-order valence-electron chi connectivity index (χ4n) is 3.16. The highest BCUT2D eigenvalue weighted by Crippen LogP contribution is 2.32. The molecule has 0 amide bonds. The molecule has 1 aliphatic carbocycles. The van der Waals surface area contributed by atoms with Gasteiger partial charge in [-0.2, -0.15) is 0 Å². The van der Waals surface area contributed by atoms with Crippen molar-refractivity contribution in [1.82, 2.24) is 0 Å². The smallest absolute Gasteiger partial charge is 0.0516 e. The molecular formula is C18H21N. The fourth-order valence-corrected chi connectivity index (χ4v) is 3.16. The molecule has 1 aliphatic rings. The van der Waals surface area contributed by atoms with Gasteiger partial charge in [-0.15, -0.1) is 0 Å². The van der Waals surface area contributed by atoms with Crippen molar-refractivity contribution in [1.29, 1.82) is 0 Å². The largest absolute Gasteiger partial charge is 0.378 e. The molecule has 1 N–H and O–H groups in total. The Morgan fingerprint density at radius 2 is 1.74 bits per heavy atom. The molecule has 0 aromatic heterocycles. The van der Waals surface area contributed by atoms with E-state index >= 15 is 0 Å². The van der Waals surface area contributed by atoms with Gasteiger partial charge in [0.05, 0.1) is 6.04 Å². The van der Waals surface area contributed by atoms with Crippen LogP contribution in [0.25, 0.3) is 0 Å². The number of fused-ring (bicyclic) bond motifs is 1. The minimum absolute atomic E-state index is 0.464. The zero-order valence-corrected chi connectivity index (χ0v) is 11.7. The average Bonchev–Trinajstić information content (AvgIpc) is 2.38. The first-order valence-electron chi connectivity index (χ1n) is 7.15. The number of hydrogen-bond donors (Lipinski definition) is 1. The highest BCUT2D eigenvalue weighted by atomic mass is 14.9. The molecule has 1 atom stereocenters. The fraction of sp³-hybridized carbons (Fsp3) is 0.333. The van der Waals surface area contributed by atoms with E-state index in [-0.39, 0.29) is 0 Å². The lowest BCUT2D eigenvalue weighted by Gasteiger charge is -2.27. The number of nitrogens with one attached hydrogen (secondary N) is 1. The number of aryl methyl sites for hydroxylation is 3. The topological polar surface area (TPSA) is 12.0 Å². The van der Waals surface area contributed by atoms with E-state index in [2.05, 4.69) is 61.6 Å². The van der Waals surface area contributed by atoms with E-state index < -0.39 is 0 Å². The summed E-state index contributed by atoms with van der Waals surface area (Å²) in [5, 5.41) is 3.72. The van der Waals surface area contributed by atoms with E-state index in [0.717, 1.165) is 0 Å². The van der Waals surface area contributed by atoms with E-state index in [1.54, 1.807) is 0 Å². The first-order chi connectivity index (χ1) is 9.22. The van der Waals surface area contributed by atoms with Crippen LogP contribution in [-0.2, 0) is 6.42 Å². The zero-order chi connectivity index (χ0) is 13.2. The second-order valence-electron chi connectivity index (χ2n) is 5.66. The summed E-state index contributed by atoms with van der Waals surface area (Å²) in [6, 6.07) is 16.0. The van der Waals surface area contributed by atoms with Gasteiger partial charge in [-0.05, 0) is 67.5 Å². The molecule has 0 radical (unpaired) electrons. The second kappa shape index (κ2) is 5.08. The van der Waals surface area contributed by atoms with Crippen molar-refractivity contribution >= 4 is 5.69 Å². The predicted molar refractivity (Wildman–Crippen MR) is 81.7 cm³/mol. The van der Waals surface area contributed by atoms with Crippen LogP contribution in [0.2, 0.25) is 0 Å². The van der Waals surface area contributed by atoms with Crippen LogP contribution in [0.4, 0.5) is 5.69 Å². The van der Waals surface area contributed by atoms with Crippen LogP contribution < -0.4 is 5.32 Å². The predicted octanol–water partition coefficient (Wildman–Crippen LogP) is 4.79. The Balaban J connectivity index is 1.88. The van der Waals surface area contributed by atoms with E-state index in [0.29, 0.717) is 6.04 Å². The van der Waals surface area contributed by atoms with Gasteiger partial charge in [0.15, 0.2) is 0 Å². The monoisotopic (exact) mass is 251 g/mol. The highest BCUT2D eigenvalue weighted by Gasteiger charge is 2.19. The molecule has 2 aromatic carbocycles. The van der Waals surface area contributed by atoms with Crippen molar-refractivity contribution in [2.24, 2.45) is 0 Å². The molecule has 98 valence electrons. The molecule has 3 rings (SSSR count). The van der Waals surface area contributed by atoms with Crippen LogP contribution >= 0.6 is 0 Å². The third-order valence-corrected chi connectivity index (χ3v) is 3.93. The number of benzene rings is 2. The van der Waals surface area contributed by atoms with Crippen molar-refractivity contribution in [3.8, 4) is 0 Å². The molecule has 2 aromatic rings. The van der Waals surface area contributed by atoms with Gasteiger partial charge in [0.2, 0.25) is 0 Å². The highest BCUT2D eigenvalue weighted by molar-refractivity contribution is 5.51. The molecule has 1 nitrogen and oxygen atoms in total. The van der Waals surface area contributed by atoms with Crippen molar-refractivity contribution in [3.05, 3.63) is 64.7 Å². The number of hydrogen-bond acceptors (Lipinski definition) is 1. The minimum atomic E-state index is 0.464. The van der Waals surface area contributed by atoms with Gasteiger partial charge >= 0.3 is 0 Å². The van der Waals surface area contributed by atoms with E-state index in [1.165, 1.54) is 47.2 Å². The first kappa shape index (κ1) is 12.3. The number of rotatable bonds is 2. The lowest BCUT2D eigenvalue weighted by atomic mass is 9.87. The lowest BCUT2D eigenvalue weighted by molar-refractivity contribution is 0.600. The van der Waals surface area contributed by atoms with Crippen molar-refractivity contribution in [2.75, 3.05) is 5.32 Å². The molecule has 0 bridgehead atoms. The Bertz CT molecular complexity index is 566. The van der Waals surface area contributed by atoms with Gasteiger partial charge in [0, 0.05) is 5.69 Å². The van der Waals surface area contributed by atoms with Crippen LogP contribution in [0.3, 0.4) is 0 Å². The van der Waals surface area contributed by atoms with Crippen LogP contribution in [0.5, 0.6) is 0 Å². The summed E-state index contributed by atoms with van der Waals surface area (Å²) < 4.78 is 0. The quantitative estimate of drug-likeness (QED) is 0.809. The molecule has 0 saturated heterocycles. The van der Waals surface area contributed by atoms with Crippen LogP contribution in [0, 0.1) is 13.8 Å².